The Bertz CT molecular complexity index is 4730. The fraction of sp³-hybridized carbons (Fsp3) is 0.312. The molecule has 0 atom stereocenters. The summed E-state index contributed by atoms with van der Waals surface area (Å²) in [5.74, 6) is -1.14. The van der Waals surface area contributed by atoms with E-state index in [2.05, 4.69) is 138 Å². The minimum atomic E-state index is -0.499. The van der Waals surface area contributed by atoms with Crippen molar-refractivity contribution in [1.29, 1.82) is 0 Å². The number of benzene rings is 9. The fourth-order valence-corrected chi connectivity index (χ4v) is 14.2. The number of nitrogens with zero attached hydrogens (tertiary/aromatic N) is 2. The number of alkyl halides is 1. The van der Waals surface area contributed by atoms with E-state index in [9.17, 15) is 28.8 Å². The molecule has 0 saturated carbocycles. The van der Waals surface area contributed by atoms with Crippen LogP contribution in [0.25, 0.3) is 0 Å². The number of nitrogens with one attached hydrogen (secondary N) is 4. The Morgan fingerprint density at radius 3 is 1.26 bits per heavy atom. The van der Waals surface area contributed by atoms with Gasteiger partial charge in [-0.05, 0) is 278 Å². The lowest BCUT2D eigenvalue weighted by Crippen LogP contribution is -2.36. The third-order valence-corrected chi connectivity index (χ3v) is 21.4. The highest BCUT2D eigenvalue weighted by Crippen LogP contribution is 2.44. The lowest BCUT2D eigenvalue weighted by molar-refractivity contribution is -0.117. The van der Waals surface area contributed by atoms with Gasteiger partial charge in [0.05, 0.1) is 25.3 Å². The first-order valence-corrected chi connectivity index (χ1v) is 41.2. The number of hydrogen-bond acceptors (Lipinski definition) is 13. The van der Waals surface area contributed by atoms with Gasteiger partial charge >= 0.3 is 11.9 Å². The van der Waals surface area contributed by atoms with Crippen LogP contribution in [-0.2, 0) is 63.9 Å². The zero-order chi connectivity index (χ0) is 85.8. The van der Waals surface area contributed by atoms with Crippen LogP contribution < -0.4 is 37.0 Å². The van der Waals surface area contributed by atoms with E-state index in [1.807, 2.05) is 107 Å². The number of halogens is 8. The molecule has 624 valence electrons. The first kappa shape index (κ1) is 98.7. The lowest BCUT2D eigenvalue weighted by atomic mass is 9.77. The average Bonchev–Trinajstić information content (AvgIpc) is 0.779. The quantitative estimate of drug-likeness (QED) is 0.0135. The third-order valence-electron chi connectivity index (χ3n) is 19.2. The average molecular weight is 1790 g/mol. The minimum absolute atomic E-state index is 0. The lowest BCUT2D eigenvalue weighted by Gasteiger charge is -2.40. The summed E-state index contributed by atoms with van der Waals surface area (Å²) in [5, 5.41) is 22.5. The molecule has 7 N–H and O–H groups in total. The van der Waals surface area contributed by atoms with E-state index in [1.165, 1.54) is 66.0 Å². The van der Waals surface area contributed by atoms with Crippen LogP contribution in [-0.4, -0.2) is 74.0 Å². The van der Waals surface area contributed by atoms with Gasteiger partial charge in [0.1, 0.15) is 0 Å². The number of nitrogens with two attached hydrogens (primary N) is 1. The van der Waals surface area contributed by atoms with Gasteiger partial charge in [-0.1, -0.05) is 196 Å². The van der Waals surface area contributed by atoms with E-state index in [-0.39, 0.29) is 52.8 Å². The smallest absolute Gasteiger partial charge is 0.337 e. The molecule has 117 heavy (non-hydrogen) atoms. The van der Waals surface area contributed by atoms with Gasteiger partial charge in [-0.3, -0.25) is 24.4 Å². The highest BCUT2D eigenvalue weighted by molar-refractivity contribution is 9.08. The zero-order valence-electron chi connectivity index (χ0n) is 67.9. The van der Waals surface area contributed by atoms with Crippen LogP contribution in [0.15, 0.2) is 217 Å². The van der Waals surface area contributed by atoms with Crippen molar-refractivity contribution in [3.8, 4) is 0 Å². The maximum Gasteiger partial charge on any atom is 0.337 e. The molecular weight excluding hydrogens is 1690 g/mol. The zero-order valence-corrected chi connectivity index (χ0v) is 74.8. The molecule has 0 bridgehead atoms. The SMILES string of the molecule is C.CC(C)=CC(=O)Cl.CC(C)=CC(=O)Nc1ccc(Cl)cc1.CC1(C)CC(=O)Nc2ccc(Cl)cc21.CC1(C)CCN(Cc2ccc(C(=O)NO)cc2)c2ccc(Cl)cc21.CC1(C)CCNc2ccc(Cl)cc21.COC(=O)c1ccc(CBr)cc1.COC(=O)c1ccc(CN2CCC(C)(C)c3cc(Cl)ccc32)cc1.Nc1ccc(Cl)cc1. The molecule has 13 rings (SSSR count). The molecule has 0 saturated heterocycles. The van der Waals surface area contributed by atoms with Gasteiger partial charge in [0, 0.05) is 126 Å². The summed E-state index contributed by atoms with van der Waals surface area (Å²) in [6.45, 7) is 29.7. The monoisotopic (exact) mass is 1790 g/mol. The highest BCUT2D eigenvalue weighted by Gasteiger charge is 2.35. The van der Waals surface area contributed by atoms with Gasteiger partial charge < -0.3 is 41.0 Å². The van der Waals surface area contributed by atoms with Crippen LogP contribution in [0.4, 0.5) is 34.1 Å². The first-order chi connectivity index (χ1) is 54.7. The molecular formula is C93H107BrCl7N7O9. The molecule has 9 aromatic rings. The number of hydrogen-bond donors (Lipinski definition) is 6. The molecule has 0 aromatic heterocycles. The van der Waals surface area contributed by atoms with Crippen molar-refractivity contribution in [3.63, 3.8) is 0 Å². The third kappa shape index (κ3) is 31.8. The summed E-state index contributed by atoms with van der Waals surface area (Å²) in [5.41, 5.74) is 25.4. The Morgan fingerprint density at radius 1 is 0.496 bits per heavy atom. The number of fused-ring (bicyclic) bond motifs is 4. The van der Waals surface area contributed by atoms with Crippen molar-refractivity contribution in [2.24, 2.45) is 0 Å². The summed E-state index contributed by atoms with van der Waals surface area (Å²) >= 11 is 43.9. The van der Waals surface area contributed by atoms with Crippen LogP contribution >= 0.6 is 97.1 Å². The molecule has 0 unspecified atom stereocenters. The predicted molar refractivity (Wildman–Crippen MR) is 492 cm³/mol. The second-order valence-corrected chi connectivity index (χ2v) is 34.5. The number of esters is 2. The topological polar surface area (TPSA) is 222 Å². The van der Waals surface area contributed by atoms with E-state index in [4.69, 9.17) is 96.9 Å². The Morgan fingerprint density at radius 2 is 0.872 bits per heavy atom. The second kappa shape index (κ2) is 46.5. The summed E-state index contributed by atoms with van der Waals surface area (Å²) in [7, 11) is 2.77. The van der Waals surface area contributed by atoms with E-state index in [0.717, 1.165) is 116 Å². The molecule has 0 radical (unpaired) electrons. The number of anilines is 6. The van der Waals surface area contributed by atoms with Crippen molar-refractivity contribution in [2.45, 2.75) is 156 Å². The number of amides is 3. The minimum Gasteiger partial charge on any atom is -0.465 e. The Hall–Kier alpha value is -8.85. The molecule has 4 heterocycles. The molecule has 0 fully saturated rings. The number of carbonyl (C=O) groups excluding carboxylic acids is 6. The predicted octanol–water partition coefficient (Wildman–Crippen LogP) is 25.2. The second-order valence-electron chi connectivity index (χ2n) is 30.9. The first-order valence-electron chi connectivity index (χ1n) is 37.4. The summed E-state index contributed by atoms with van der Waals surface area (Å²) in [4.78, 5) is 71.3. The van der Waals surface area contributed by atoms with Crippen molar-refractivity contribution >= 4 is 166 Å². The van der Waals surface area contributed by atoms with Gasteiger partial charge in [0.15, 0.2) is 0 Å². The van der Waals surface area contributed by atoms with E-state index < -0.39 is 11.1 Å². The number of methoxy groups -OCH3 is 2. The van der Waals surface area contributed by atoms with Crippen molar-refractivity contribution in [3.05, 3.63) is 303 Å². The van der Waals surface area contributed by atoms with Gasteiger partial charge in [-0.25, -0.2) is 15.1 Å². The van der Waals surface area contributed by atoms with Crippen LogP contribution in [0.2, 0.25) is 30.1 Å². The Kier molecular flexibility index (Phi) is 39.2. The van der Waals surface area contributed by atoms with E-state index in [1.54, 1.807) is 90.4 Å². The molecule has 3 amide bonds. The Balaban J connectivity index is 0.000000246. The summed E-state index contributed by atoms with van der Waals surface area (Å²) < 4.78 is 9.30. The number of carbonyl (C=O) groups is 6. The largest absolute Gasteiger partial charge is 0.465 e. The number of rotatable bonds is 11. The normalized spacial score (nSPS) is 14.0. The van der Waals surface area contributed by atoms with Crippen molar-refractivity contribution in [1.82, 2.24) is 5.48 Å². The number of nitrogen functional groups attached to an aromatic ring is 1. The van der Waals surface area contributed by atoms with Gasteiger partial charge in [-0.2, -0.15) is 0 Å². The molecule has 4 aliphatic heterocycles. The van der Waals surface area contributed by atoms with Gasteiger partial charge in [0.2, 0.25) is 17.1 Å². The van der Waals surface area contributed by atoms with Crippen LogP contribution in [0, 0.1) is 0 Å². The van der Waals surface area contributed by atoms with E-state index >= 15 is 0 Å². The van der Waals surface area contributed by atoms with Crippen LogP contribution in [0.3, 0.4) is 0 Å². The number of ether oxygens (including phenoxy) is 2. The Labute approximate surface area is 734 Å². The van der Waals surface area contributed by atoms with Crippen LogP contribution in [0.1, 0.15) is 186 Å². The van der Waals surface area contributed by atoms with Gasteiger partial charge in [-0.15, -0.1) is 0 Å². The van der Waals surface area contributed by atoms with Crippen molar-refractivity contribution < 1.29 is 43.4 Å². The van der Waals surface area contributed by atoms with Crippen molar-refractivity contribution in [2.75, 3.05) is 65.3 Å². The van der Waals surface area contributed by atoms with Crippen LogP contribution in [0.5, 0.6) is 0 Å². The number of hydroxylamine groups is 1. The molecule has 4 aliphatic rings. The summed E-state index contributed by atoms with van der Waals surface area (Å²) in [6.07, 6.45) is 6.75. The molecule has 9 aromatic carbocycles. The maximum absolute atomic E-state index is 11.5. The summed E-state index contributed by atoms with van der Waals surface area (Å²) in [6, 6.07) is 60.1. The molecule has 0 spiro atoms. The molecule has 24 heteroatoms. The maximum atomic E-state index is 11.5. The number of allylic oxidation sites excluding steroid dienone is 3. The molecule has 16 nitrogen and oxygen atoms in total. The standard InChI is InChI=1S/C20H22ClNO2.C19H21ClN2O2.2C11H12ClNO.C11H14ClN.C9H9BrO2.C6H6ClN.C5H7ClO.CH4/c1-20(2)10-11-22(18-9-8-16(21)12-17(18)20)13-14-4-6-15(7-5-14)19(23)24-3;1-19(2)9-10-22(17-8-7-15(20)11-16(17)19)12-13-3-5-14(6-4-13)18(23)21-24;1-11(2)6-10(14)13-9-4-3-7(12)5-8(9)11;1-8(2)7-11(14)13-10-5-3-9(12)4-6-10;1-11(2)5-6-13-10-4-3-8(12)7-9(10)11;1-12-9(11)8-4-2-7(6-10)3-5-8;7-5-1-3-6(8)4-2-5;1-4(2)3-5(6)7;/h4-9,12H,10-11,13H2,1-3H3;3-8,11,24H,9-10,12H2,1-2H3,(H,21,23);3-5H,6H2,1-2H3,(H,13,14);3-7H,1-2H3,(H,13,14);3-4,7,13H,5-6H2,1-2H3;2-5H,6H2,1H3;1-4H,8H2;3H,1-2H3;1H4. The van der Waals surface area contributed by atoms with E-state index in [0.29, 0.717) is 33.2 Å². The highest BCUT2D eigenvalue weighted by atomic mass is 79.9. The molecule has 0 aliphatic carbocycles. The fourth-order valence-electron chi connectivity index (χ4n) is 12.7. The van der Waals surface area contributed by atoms with Gasteiger partial charge in [0.25, 0.3) is 5.91 Å².